The minimum atomic E-state index is -2.92. The van der Waals surface area contributed by atoms with Gasteiger partial charge in [-0.2, -0.15) is 13.8 Å². The summed E-state index contributed by atoms with van der Waals surface area (Å²) >= 11 is 0. The molecule has 3 rings (SSSR count). The summed E-state index contributed by atoms with van der Waals surface area (Å²) in [6, 6.07) is 5.72. The van der Waals surface area contributed by atoms with Crippen LogP contribution in [0, 0.1) is 16.0 Å². The zero-order valence-electron chi connectivity index (χ0n) is 15.2. The Bertz CT molecular complexity index is 858. The molecule has 29 heavy (non-hydrogen) atoms. The fraction of sp³-hybridized carbons (Fsp3) is 0.389. The van der Waals surface area contributed by atoms with Gasteiger partial charge in [-0.15, -0.1) is 0 Å². The number of nitro groups is 1. The zero-order chi connectivity index (χ0) is 20.8. The van der Waals surface area contributed by atoms with E-state index < -0.39 is 11.5 Å². The number of anilines is 1. The number of hydrogen-bond acceptors (Lipinski definition) is 8. The number of aromatic nitrogens is 2. The molecule has 0 bridgehead atoms. The lowest BCUT2D eigenvalue weighted by Crippen LogP contribution is -2.35. The lowest BCUT2D eigenvalue weighted by Gasteiger charge is -2.30. The van der Waals surface area contributed by atoms with Gasteiger partial charge < -0.3 is 19.2 Å². The molecule has 0 atom stereocenters. The second kappa shape index (κ2) is 9.22. The Morgan fingerprint density at radius 1 is 1.24 bits per heavy atom. The molecule has 1 aliphatic heterocycles. The normalized spacial score (nSPS) is 14.7. The standard InChI is InChI=1S/C18H18F2N4O5/c19-18(20)29-14-3-1-13(2-4-14)10-28-17-15(24(26)27)16(21-11-22-17)23-7-5-12(9-25)6-8-23/h1-4,9,11-12,18H,5-8,10H2. The first-order chi connectivity index (χ1) is 14.0. The molecule has 0 radical (unpaired) electrons. The molecule has 1 saturated heterocycles. The largest absolute Gasteiger partial charge is 0.468 e. The summed E-state index contributed by atoms with van der Waals surface area (Å²) in [5, 5.41) is 11.6. The number of ether oxygens (including phenoxy) is 2. The SMILES string of the molecule is O=CC1CCN(c2ncnc(OCc3ccc(OC(F)F)cc3)c2[N+](=O)[O-])CC1. The van der Waals surface area contributed by atoms with Crippen molar-refractivity contribution >= 4 is 17.8 Å². The molecule has 2 heterocycles. The molecular formula is C18H18F2N4O5. The molecule has 2 aromatic rings. The molecule has 0 saturated carbocycles. The molecule has 1 aromatic heterocycles. The van der Waals surface area contributed by atoms with Crippen molar-refractivity contribution in [1.82, 2.24) is 9.97 Å². The number of rotatable bonds is 8. The summed E-state index contributed by atoms with van der Waals surface area (Å²) in [6.07, 6.45) is 3.27. The molecule has 1 aromatic carbocycles. The first-order valence-electron chi connectivity index (χ1n) is 8.84. The van der Waals surface area contributed by atoms with Gasteiger partial charge in [-0.25, -0.2) is 4.98 Å². The number of alkyl halides is 2. The highest BCUT2D eigenvalue weighted by Crippen LogP contribution is 2.35. The number of halogens is 2. The van der Waals surface area contributed by atoms with E-state index in [0.29, 0.717) is 31.5 Å². The number of nitrogens with zero attached hydrogens (tertiary/aromatic N) is 4. The average molecular weight is 408 g/mol. The van der Waals surface area contributed by atoms with Gasteiger partial charge >= 0.3 is 12.3 Å². The third-order valence-electron chi connectivity index (χ3n) is 4.51. The summed E-state index contributed by atoms with van der Waals surface area (Å²) in [7, 11) is 0. The Balaban J connectivity index is 1.74. The molecular weight excluding hydrogens is 390 g/mol. The van der Waals surface area contributed by atoms with E-state index in [9.17, 15) is 23.7 Å². The van der Waals surface area contributed by atoms with Crippen molar-refractivity contribution in [1.29, 1.82) is 0 Å². The molecule has 0 aliphatic carbocycles. The minimum absolute atomic E-state index is 0.00206. The second-order valence-electron chi connectivity index (χ2n) is 6.38. The van der Waals surface area contributed by atoms with E-state index in [-0.39, 0.29) is 35.7 Å². The van der Waals surface area contributed by atoms with Crippen LogP contribution in [0.25, 0.3) is 0 Å². The molecule has 0 unspecified atom stereocenters. The van der Waals surface area contributed by atoms with Crippen molar-refractivity contribution in [3.63, 3.8) is 0 Å². The number of hydrogen-bond donors (Lipinski definition) is 0. The third kappa shape index (κ3) is 5.12. The van der Waals surface area contributed by atoms with Crippen LogP contribution < -0.4 is 14.4 Å². The minimum Gasteiger partial charge on any atom is -0.468 e. The van der Waals surface area contributed by atoms with Gasteiger partial charge in [0.1, 0.15) is 25.0 Å². The monoisotopic (exact) mass is 408 g/mol. The fourth-order valence-electron chi connectivity index (χ4n) is 3.02. The van der Waals surface area contributed by atoms with Crippen molar-refractivity contribution < 1.29 is 28.0 Å². The lowest BCUT2D eigenvalue weighted by molar-refractivity contribution is -0.385. The average Bonchev–Trinajstić information content (AvgIpc) is 2.72. The predicted molar refractivity (Wildman–Crippen MR) is 97.1 cm³/mol. The van der Waals surface area contributed by atoms with Crippen molar-refractivity contribution in [3.05, 3.63) is 46.3 Å². The van der Waals surface area contributed by atoms with Gasteiger partial charge in [0.2, 0.25) is 5.82 Å². The van der Waals surface area contributed by atoms with E-state index in [0.717, 1.165) is 6.29 Å². The maximum atomic E-state index is 12.2. The van der Waals surface area contributed by atoms with Gasteiger partial charge in [-0.3, -0.25) is 10.1 Å². The molecule has 0 amide bonds. The first-order valence-corrected chi connectivity index (χ1v) is 8.84. The lowest BCUT2D eigenvalue weighted by atomic mass is 9.98. The summed E-state index contributed by atoms with van der Waals surface area (Å²) in [4.78, 5) is 31.6. The number of piperidine rings is 1. The Morgan fingerprint density at radius 3 is 2.52 bits per heavy atom. The quantitative estimate of drug-likeness (QED) is 0.373. The molecule has 154 valence electrons. The van der Waals surface area contributed by atoms with E-state index in [2.05, 4.69) is 14.7 Å². The summed E-state index contributed by atoms with van der Waals surface area (Å²) in [5.74, 6) is -0.104. The first kappa shape index (κ1) is 20.4. The van der Waals surface area contributed by atoms with Crippen LogP contribution in [0.4, 0.5) is 20.3 Å². The number of aldehydes is 1. The molecule has 11 heteroatoms. The molecule has 0 N–H and O–H groups in total. The highest BCUT2D eigenvalue weighted by atomic mass is 19.3. The van der Waals surface area contributed by atoms with E-state index in [1.54, 1.807) is 4.90 Å². The van der Waals surface area contributed by atoms with Crippen LogP contribution in [-0.2, 0) is 11.4 Å². The van der Waals surface area contributed by atoms with Gasteiger partial charge in [0.15, 0.2) is 0 Å². The van der Waals surface area contributed by atoms with Crippen LogP contribution in [0.2, 0.25) is 0 Å². The van der Waals surface area contributed by atoms with E-state index in [4.69, 9.17) is 4.74 Å². The van der Waals surface area contributed by atoms with E-state index in [1.165, 1.54) is 30.6 Å². The van der Waals surface area contributed by atoms with Crippen LogP contribution in [-0.4, -0.2) is 40.9 Å². The number of benzene rings is 1. The summed E-state index contributed by atoms with van der Waals surface area (Å²) in [5.41, 5.74) is 0.239. The third-order valence-corrected chi connectivity index (χ3v) is 4.51. The zero-order valence-corrected chi connectivity index (χ0v) is 15.2. The van der Waals surface area contributed by atoms with E-state index >= 15 is 0 Å². The summed E-state index contributed by atoms with van der Waals surface area (Å²) in [6.45, 7) is -2.05. The smallest absolute Gasteiger partial charge is 0.387 e. The summed E-state index contributed by atoms with van der Waals surface area (Å²) < 4.78 is 34.2. The van der Waals surface area contributed by atoms with Crippen molar-refractivity contribution in [3.8, 4) is 11.6 Å². The van der Waals surface area contributed by atoms with Crippen LogP contribution >= 0.6 is 0 Å². The molecule has 1 aliphatic rings. The van der Waals surface area contributed by atoms with Crippen LogP contribution in [0.1, 0.15) is 18.4 Å². The van der Waals surface area contributed by atoms with Crippen LogP contribution in [0.3, 0.4) is 0 Å². The fourth-order valence-corrected chi connectivity index (χ4v) is 3.02. The van der Waals surface area contributed by atoms with Crippen LogP contribution in [0.15, 0.2) is 30.6 Å². The Kier molecular flexibility index (Phi) is 6.47. The van der Waals surface area contributed by atoms with Crippen molar-refractivity contribution in [2.75, 3.05) is 18.0 Å². The van der Waals surface area contributed by atoms with Gasteiger partial charge in [0, 0.05) is 19.0 Å². The van der Waals surface area contributed by atoms with Crippen molar-refractivity contribution in [2.24, 2.45) is 5.92 Å². The highest BCUT2D eigenvalue weighted by Gasteiger charge is 2.30. The molecule has 9 nitrogen and oxygen atoms in total. The predicted octanol–water partition coefficient (Wildman–Crippen LogP) is 2.98. The number of carbonyl (C=O) groups excluding carboxylic acids is 1. The maximum Gasteiger partial charge on any atom is 0.387 e. The van der Waals surface area contributed by atoms with Gasteiger partial charge in [0.05, 0.1) is 4.92 Å². The highest BCUT2D eigenvalue weighted by molar-refractivity contribution is 5.63. The van der Waals surface area contributed by atoms with E-state index in [1.807, 2.05) is 0 Å². The molecule has 1 fully saturated rings. The van der Waals surface area contributed by atoms with Gasteiger partial charge in [-0.05, 0) is 30.5 Å². The second-order valence-corrected chi connectivity index (χ2v) is 6.38. The Labute approximate surface area is 164 Å². The molecule has 0 spiro atoms. The van der Waals surface area contributed by atoms with Gasteiger partial charge in [0.25, 0.3) is 5.88 Å². The topological polar surface area (TPSA) is 108 Å². The number of carbonyl (C=O) groups is 1. The van der Waals surface area contributed by atoms with Crippen molar-refractivity contribution in [2.45, 2.75) is 26.1 Å². The maximum absolute atomic E-state index is 12.2. The van der Waals surface area contributed by atoms with Crippen LogP contribution in [0.5, 0.6) is 11.6 Å². The Morgan fingerprint density at radius 2 is 1.93 bits per heavy atom. The Hall–Kier alpha value is -3.37. The van der Waals surface area contributed by atoms with Gasteiger partial charge in [-0.1, -0.05) is 12.1 Å².